The Labute approximate surface area is 144 Å². The van der Waals surface area contributed by atoms with Crippen LogP contribution in [0.2, 0.25) is 0 Å². The van der Waals surface area contributed by atoms with Gasteiger partial charge in [-0.3, -0.25) is 0 Å². The molecule has 1 heterocycles. The van der Waals surface area contributed by atoms with Crippen LogP contribution >= 0.6 is 0 Å². The molecule has 1 aromatic heterocycles. The van der Waals surface area contributed by atoms with Crippen molar-refractivity contribution < 1.29 is 14.3 Å². The second-order valence-corrected chi connectivity index (χ2v) is 5.44. The van der Waals surface area contributed by atoms with Crippen molar-refractivity contribution in [2.45, 2.75) is 13.5 Å². The highest BCUT2D eigenvalue weighted by molar-refractivity contribution is 5.91. The molecule has 6 nitrogen and oxygen atoms in total. The molecule has 3 aromatic rings. The maximum absolute atomic E-state index is 13.1. The summed E-state index contributed by atoms with van der Waals surface area (Å²) in [6.45, 7) is 3.00. The monoisotopic (exact) mass is 340 g/mol. The van der Waals surface area contributed by atoms with Gasteiger partial charge in [-0.25, -0.2) is 9.18 Å². The summed E-state index contributed by atoms with van der Waals surface area (Å²) in [4.78, 5) is 14.6. The number of halogens is 1. The van der Waals surface area contributed by atoms with Crippen LogP contribution in [0.1, 0.15) is 23.0 Å². The third-order valence-corrected chi connectivity index (χ3v) is 3.75. The van der Waals surface area contributed by atoms with Crippen LogP contribution in [0.25, 0.3) is 5.69 Å². The number of hydrogen-bond donors (Lipinski definition) is 1. The van der Waals surface area contributed by atoms with Crippen molar-refractivity contribution >= 4 is 11.8 Å². The molecule has 0 amide bonds. The number of aromatic nitrogens is 3. The van der Waals surface area contributed by atoms with Crippen LogP contribution in [-0.2, 0) is 6.54 Å². The van der Waals surface area contributed by atoms with Gasteiger partial charge in [0.15, 0.2) is 5.82 Å². The number of anilines is 1. The Morgan fingerprint density at radius 1 is 1.12 bits per heavy atom. The summed E-state index contributed by atoms with van der Waals surface area (Å²) in [5.74, 6) is -1.26. The van der Waals surface area contributed by atoms with Gasteiger partial charge in [-0.1, -0.05) is 30.3 Å². The van der Waals surface area contributed by atoms with E-state index < -0.39 is 5.97 Å². The zero-order valence-corrected chi connectivity index (χ0v) is 13.6. The maximum atomic E-state index is 13.1. The first-order valence-corrected chi connectivity index (χ1v) is 7.84. The first-order chi connectivity index (χ1) is 12.1. The molecule has 128 valence electrons. The van der Waals surface area contributed by atoms with Crippen LogP contribution in [0, 0.1) is 5.82 Å². The minimum absolute atomic E-state index is 0.137. The molecule has 0 radical (unpaired) electrons. The average molecular weight is 340 g/mol. The molecule has 0 saturated heterocycles. The van der Waals surface area contributed by atoms with Gasteiger partial charge in [0.05, 0.1) is 5.69 Å². The fraction of sp³-hybridized carbons (Fsp3) is 0.167. The Morgan fingerprint density at radius 3 is 2.40 bits per heavy atom. The largest absolute Gasteiger partial charge is 0.476 e. The minimum Gasteiger partial charge on any atom is -0.476 e. The van der Waals surface area contributed by atoms with Crippen LogP contribution < -0.4 is 4.90 Å². The molecule has 0 aliphatic carbocycles. The summed E-state index contributed by atoms with van der Waals surface area (Å²) >= 11 is 0. The van der Waals surface area contributed by atoms with Gasteiger partial charge in [0.25, 0.3) is 0 Å². The zero-order valence-electron chi connectivity index (χ0n) is 13.6. The lowest BCUT2D eigenvalue weighted by Crippen LogP contribution is -2.24. The van der Waals surface area contributed by atoms with Crippen LogP contribution in [0.15, 0.2) is 54.6 Å². The van der Waals surface area contributed by atoms with Gasteiger partial charge >= 0.3 is 5.97 Å². The summed E-state index contributed by atoms with van der Waals surface area (Å²) in [6, 6.07) is 15.3. The van der Waals surface area contributed by atoms with Crippen LogP contribution in [0.5, 0.6) is 0 Å². The molecular formula is C18H17FN4O2. The number of hydrogen-bond acceptors (Lipinski definition) is 4. The number of carbonyl (C=O) groups is 1. The van der Waals surface area contributed by atoms with Crippen LogP contribution in [0.4, 0.5) is 10.2 Å². The molecule has 0 bridgehead atoms. The standard InChI is InChI=1S/C18H17FN4O2/c1-2-22(12-13-6-4-3-5-7-13)17-16(18(24)25)20-23(21-17)15-10-8-14(19)9-11-15/h3-11H,2,12H2,1H3,(H,24,25). The molecular weight excluding hydrogens is 323 g/mol. The van der Waals surface area contributed by atoms with E-state index in [9.17, 15) is 14.3 Å². The van der Waals surface area contributed by atoms with E-state index in [-0.39, 0.29) is 17.3 Å². The Morgan fingerprint density at radius 2 is 1.80 bits per heavy atom. The highest BCUT2D eigenvalue weighted by Gasteiger charge is 2.23. The number of aromatic carboxylic acids is 1. The van der Waals surface area contributed by atoms with Crippen LogP contribution in [0.3, 0.4) is 0 Å². The van der Waals surface area contributed by atoms with Gasteiger partial charge in [0.2, 0.25) is 5.69 Å². The molecule has 0 aliphatic rings. The average Bonchev–Trinajstić information content (AvgIpc) is 3.06. The highest BCUT2D eigenvalue weighted by atomic mass is 19.1. The molecule has 3 rings (SSSR count). The zero-order chi connectivity index (χ0) is 17.8. The Balaban J connectivity index is 1.98. The minimum atomic E-state index is -1.16. The third-order valence-electron chi connectivity index (χ3n) is 3.75. The molecule has 25 heavy (non-hydrogen) atoms. The van der Waals surface area contributed by atoms with Crippen molar-refractivity contribution in [3.8, 4) is 5.69 Å². The Kier molecular flexibility index (Phi) is 4.74. The smallest absolute Gasteiger partial charge is 0.360 e. The van der Waals surface area contributed by atoms with E-state index >= 15 is 0 Å². The molecule has 0 fully saturated rings. The Hall–Kier alpha value is -3.22. The summed E-state index contributed by atoms with van der Waals surface area (Å²) in [6.07, 6.45) is 0. The molecule has 2 aromatic carbocycles. The lowest BCUT2D eigenvalue weighted by molar-refractivity contribution is 0.0690. The lowest BCUT2D eigenvalue weighted by atomic mass is 10.2. The van der Waals surface area contributed by atoms with Gasteiger partial charge in [-0.15, -0.1) is 15.0 Å². The second-order valence-electron chi connectivity index (χ2n) is 5.44. The van der Waals surface area contributed by atoms with Crippen LogP contribution in [-0.4, -0.2) is 32.6 Å². The van der Waals surface area contributed by atoms with Crippen molar-refractivity contribution in [2.75, 3.05) is 11.4 Å². The molecule has 0 unspecified atom stereocenters. The lowest BCUT2D eigenvalue weighted by Gasteiger charge is -2.20. The number of nitrogens with zero attached hydrogens (tertiary/aromatic N) is 4. The molecule has 0 spiro atoms. The number of benzene rings is 2. The summed E-state index contributed by atoms with van der Waals surface area (Å²) in [5, 5.41) is 17.9. The fourth-order valence-electron chi connectivity index (χ4n) is 2.48. The van der Waals surface area contributed by atoms with Gasteiger partial charge in [-0.2, -0.15) is 0 Å². The number of carboxylic acids is 1. The first-order valence-electron chi connectivity index (χ1n) is 7.84. The van der Waals surface area contributed by atoms with Crippen molar-refractivity contribution in [1.29, 1.82) is 0 Å². The topological polar surface area (TPSA) is 71.2 Å². The van der Waals surface area contributed by atoms with E-state index in [1.807, 2.05) is 42.2 Å². The molecule has 0 atom stereocenters. The number of rotatable bonds is 6. The second kappa shape index (κ2) is 7.12. The molecule has 1 N–H and O–H groups in total. The van der Waals surface area contributed by atoms with Crippen molar-refractivity contribution in [1.82, 2.24) is 15.0 Å². The SMILES string of the molecule is CCN(Cc1ccccc1)c1nn(-c2ccc(F)cc2)nc1C(=O)O. The van der Waals surface area contributed by atoms with Crippen molar-refractivity contribution in [3.63, 3.8) is 0 Å². The summed E-state index contributed by atoms with van der Waals surface area (Å²) in [5.41, 5.74) is 1.39. The predicted octanol–water partition coefficient (Wildman–Crippen LogP) is 3.13. The molecule has 0 saturated carbocycles. The normalized spacial score (nSPS) is 10.6. The van der Waals surface area contributed by atoms with Gasteiger partial charge < -0.3 is 10.0 Å². The first kappa shape index (κ1) is 16.6. The van der Waals surface area contributed by atoms with E-state index in [0.717, 1.165) is 5.56 Å². The van der Waals surface area contributed by atoms with Gasteiger partial charge in [-0.05, 0) is 36.8 Å². The van der Waals surface area contributed by atoms with Crippen molar-refractivity contribution in [3.05, 3.63) is 71.7 Å². The third kappa shape index (κ3) is 3.65. The highest BCUT2D eigenvalue weighted by Crippen LogP contribution is 2.20. The molecule has 0 aliphatic heterocycles. The number of carboxylic acid groups (broad SMARTS) is 1. The van der Waals surface area contributed by atoms with E-state index in [0.29, 0.717) is 18.8 Å². The fourth-order valence-corrected chi connectivity index (χ4v) is 2.48. The van der Waals surface area contributed by atoms with E-state index in [1.165, 1.54) is 29.1 Å². The van der Waals surface area contributed by atoms with Gasteiger partial charge in [0, 0.05) is 13.1 Å². The van der Waals surface area contributed by atoms with Crippen molar-refractivity contribution in [2.24, 2.45) is 0 Å². The summed E-state index contributed by atoms with van der Waals surface area (Å²) < 4.78 is 13.1. The van der Waals surface area contributed by atoms with E-state index in [2.05, 4.69) is 10.2 Å². The van der Waals surface area contributed by atoms with E-state index in [1.54, 1.807) is 0 Å². The van der Waals surface area contributed by atoms with Gasteiger partial charge in [0.1, 0.15) is 5.82 Å². The van der Waals surface area contributed by atoms with E-state index in [4.69, 9.17) is 0 Å². The molecule has 7 heteroatoms. The predicted molar refractivity (Wildman–Crippen MR) is 91.4 cm³/mol. The summed E-state index contributed by atoms with van der Waals surface area (Å²) in [7, 11) is 0. The maximum Gasteiger partial charge on any atom is 0.360 e. The Bertz CT molecular complexity index is 863. The quantitative estimate of drug-likeness (QED) is 0.746.